The Morgan fingerprint density at radius 2 is 1.97 bits per heavy atom. The average Bonchev–Trinajstić information content (AvgIpc) is 3.07. The summed E-state index contributed by atoms with van der Waals surface area (Å²) in [6.45, 7) is 8.66. The van der Waals surface area contributed by atoms with Gasteiger partial charge in [0, 0.05) is 23.8 Å². The van der Waals surface area contributed by atoms with Crippen LogP contribution in [0.4, 0.5) is 16.0 Å². The number of hydrogen-bond donors (Lipinski definition) is 2. The first kappa shape index (κ1) is 24.6. The molecule has 1 aliphatic heterocycles. The predicted molar refractivity (Wildman–Crippen MR) is 133 cm³/mol. The van der Waals surface area contributed by atoms with E-state index in [2.05, 4.69) is 16.6 Å². The SMILES string of the molecule is Cc1ccc(F)c(-c2ccc(C(=O)NS(=O)(=O)c3cccnc3N)c(N3CCC(C)C3(C)C)n2)c1. The molecule has 3 N–H and O–H groups in total. The first-order chi connectivity index (χ1) is 16.4. The highest BCUT2D eigenvalue weighted by atomic mass is 32.2. The van der Waals surface area contributed by atoms with Gasteiger partial charge in [0.25, 0.3) is 15.9 Å². The van der Waals surface area contributed by atoms with E-state index >= 15 is 0 Å². The second-order valence-corrected chi connectivity index (χ2v) is 11.0. The lowest BCUT2D eigenvalue weighted by Gasteiger charge is -2.36. The second-order valence-electron chi connectivity index (χ2n) is 9.37. The molecule has 1 aromatic carbocycles. The van der Waals surface area contributed by atoms with Crippen molar-refractivity contribution >= 4 is 27.6 Å². The quantitative estimate of drug-likeness (QED) is 0.548. The first-order valence-corrected chi connectivity index (χ1v) is 12.7. The highest BCUT2D eigenvalue weighted by Gasteiger charge is 2.41. The fourth-order valence-corrected chi connectivity index (χ4v) is 5.34. The van der Waals surface area contributed by atoms with Crippen molar-refractivity contribution in [3.63, 3.8) is 0 Å². The maximum Gasteiger partial charge on any atom is 0.268 e. The van der Waals surface area contributed by atoms with Gasteiger partial charge in [-0.15, -0.1) is 0 Å². The monoisotopic (exact) mass is 497 g/mol. The number of carbonyl (C=O) groups is 1. The number of nitrogen functional groups attached to an aromatic ring is 1. The first-order valence-electron chi connectivity index (χ1n) is 11.2. The molecule has 4 rings (SSSR count). The molecule has 2 aromatic heterocycles. The van der Waals surface area contributed by atoms with Crippen LogP contribution in [0.15, 0.2) is 53.6 Å². The Balaban J connectivity index is 1.81. The van der Waals surface area contributed by atoms with Crippen molar-refractivity contribution in [1.29, 1.82) is 0 Å². The van der Waals surface area contributed by atoms with Gasteiger partial charge in [-0.05, 0) is 69.5 Å². The Hall–Kier alpha value is -3.53. The lowest BCUT2D eigenvalue weighted by molar-refractivity contribution is 0.0981. The molecule has 1 amide bonds. The van der Waals surface area contributed by atoms with Gasteiger partial charge < -0.3 is 10.6 Å². The van der Waals surface area contributed by atoms with Crippen LogP contribution in [0.3, 0.4) is 0 Å². The van der Waals surface area contributed by atoms with Gasteiger partial charge in [-0.3, -0.25) is 4.79 Å². The highest BCUT2D eigenvalue weighted by Crippen LogP contribution is 2.39. The summed E-state index contributed by atoms with van der Waals surface area (Å²) in [5.74, 6) is -0.925. The smallest absolute Gasteiger partial charge is 0.268 e. The zero-order chi connectivity index (χ0) is 25.5. The Labute approximate surface area is 204 Å². The van der Waals surface area contributed by atoms with Gasteiger partial charge in [-0.1, -0.05) is 18.6 Å². The Kier molecular flexibility index (Phi) is 6.27. The summed E-state index contributed by atoms with van der Waals surface area (Å²) in [5.41, 5.74) is 6.94. The van der Waals surface area contributed by atoms with E-state index in [1.807, 2.05) is 25.7 Å². The molecule has 0 radical (unpaired) electrons. The zero-order valence-corrected chi connectivity index (χ0v) is 20.9. The van der Waals surface area contributed by atoms with E-state index in [4.69, 9.17) is 10.7 Å². The molecule has 1 atom stereocenters. The van der Waals surface area contributed by atoms with Gasteiger partial charge in [-0.25, -0.2) is 27.5 Å². The molecule has 1 unspecified atom stereocenters. The summed E-state index contributed by atoms with van der Waals surface area (Å²) in [7, 11) is -4.29. The Morgan fingerprint density at radius 3 is 2.63 bits per heavy atom. The van der Waals surface area contributed by atoms with Crippen LogP contribution in [0.25, 0.3) is 11.3 Å². The standard InChI is InChI=1S/C25H28FN5O3S/c1-15-7-9-19(26)18(14-15)20-10-8-17(23(29-20)31-13-11-16(2)25(31,3)4)24(32)30-35(33,34)21-6-5-12-28-22(21)27/h5-10,12,14,16H,11,13H2,1-4H3,(H2,27,28)(H,30,32). The lowest BCUT2D eigenvalue weighted by Crippen LogP contribution is -2.43. The number of nitrogens with zero attached hydrogens (tertiary/aromatic N) is 3. The largest absolute Gasteiger partial charge is 0.383 e. The Bertz CT molecular complexity index is 1410. The molecular weight excluding hydrogens is 469 g/mol. The molecule has 8 nitrogen and oxygen atoms in total. The van der Waals surface area contributed by atoms with Crippen LogP contribution < -0.4 is 15.4 Å². The molecule has 1 saturated heterocycles. The van der Waals surface area contributed by atoms with Crippen molar-refractivity contribution in [2.75, 3.05) is 17.2 Å². The van der Waals surface area contributed by atoms with Gasteiger partial charge in [0.1, 0.15) is 22.3 Å². The predicted octanol–water partition coefficient (Wildman–Crippen LogP) is 3.92. The third-order valence-electron chi connectivity index (χ3n) is 6.78. The fourth-order valence-electron chi connectivity index (χ4n) is 4.29. The lowest BCUT2D eigenvalue weighted by atomic mass is 9.90. The number of pyridine rings is 2. The van der Waals surface area contributed by atoms with Gasteiger partial charge >= 0.3 is 0 Å². The molecule has 3 aromatic rings. The minimum atomic E-state index is -4.29. The molecule has 3 heterocycles. The number of rotatable bonds is 5. The normalized spacial score (nSPS) is 17.4. The Morgan fingerprint density at radius 1 is 1.23 bits per heavy atom. The molecule has 35 heavy (non-hydrogen) atoms. The number of aromatic nitrogens is 2. The van der Waals surface area contributed by atoms with Gasteiger partial charge in [0.2, 0.25) is 0 Å². The van der Waals surface area contributed by atoms with Crippen molar-refractivity contribution < 1.29 is 17.6 Å². The number of nitrogens with two attached hydrogens (primary N) is 1. The summed E-state index contributed by atoms with van der Waals surface area (Å²) in [5, 5.41) is 0. The van der Waals surface area contributed by atoms with E-state index in [1.165, 1.54) is 36.5 Å². The number of halogens is 1. The topological polar surface area (TPSA) is 118 Å². The average molecular weight is 498 g/mol. The van der Waals surface area contributed by atoms with Crippen LogP contribution in [0.5, 0.6) is 0 Å². The maximum absolute atomic E-state index is 14.7. The number of nitrogens with one attached hydrogen (secondary N) is 1. The number of sulfonamides is 1. The second kappa shape index (κ2) is 8.92. The molecule has 0 aliphatic carbocycles. The van der Waals surface area contributed by atoms with Crippen LogP contribution in [0, 0.1) is 18.7 Å². The van der Waals surface area contributed by atoms with Gasteiger partial charge in [-0.2, -0.15) is 0 Å². The van der Waals surface area contributed by atoms with Gasteiger partial charge in [0.05, 0.1) is 11.3 Å². The summed E-state index contributed by atoms with van der Waals surface area (Å²) >= 11 is 0. The van der Waals surface area contributed by atoms with Crippen molar-refractivity contribution in [2.45, 2.75) is 44.6 Å². The minimum absolute atomic E-state index is 0.0648. The minimum Gasteiger partial charge on any atom is -0.383 e. The van der Waals surface area contributed by atoms with Crippen LogP contribution in [0.2, 0.25) is 0 Å². The summed E-state index contributed by atoms with van der Waals surface area (Å²) in [4.78, 5) is 23.5. The molecule has 0 bridgehead atoms. The number of carbonyl (C=O) groups excluding carboxylic acids is 1. The van der Waals surface area contributed by atoms with Gasteiger partial charge in [0.15, 0.2) is 0 Å². The van der Waals surface area contributed by atoms with E-state index in [0.717, 1.165) is 12.0 Å². The molecule has 1 aliphatic rings. The van der Waals surface area contributed by atoms with Crippen LogP contribution in [-0.2, 0) is 10.0 Å². The van der Waals surface area contributed by atoms with Crippen LogP contribution >= 0.6 is 0 Å². The highest BCUT2D eigenvalue weighted by molar-refractivity contribution is 7.90. The van der Waals surface area contributed by atoms with E-state index < -0.39 is 21.7 Å². The van der Waals surface area contributed by atoms with E-state index in [-0.39, 0.29) is 21.8 Å². The van der Waals surface area contributed by atoms with E-state index in [1.54, 1.807) is 12.1 Å². The van der Waals surface area contributed by atoms with Crippen molar-refractivity contribution in [2.24, 2.45) is 5.92 Å². The molecule has 10 heteroatoms. The zero-order valence-electron chi connectivity index (χ0n) is 20.0. The van der Waals surface area contributed by atoms with E-state index in [9.17, 15) is 17.6 Å². The molecule has 0 saturated carbocycles. The number of aryl methyl sites for hydroxylation is 1. The van der Waals surface area contributed by atoms with Crippen molar-refractivity contribution in [1.82, 2.24) is 14.7 Å². The number of hydrogen-bond acceptors (Lipinski definition) is 7. The summed E-state index contributed by atoms with van der Waals surface area (Å²) in [6, 6.07) is 10.4. The molecule has 184 valence electrons. The van der Waals surface area contributed by atoms with Crippen molar-refractivity contribution in [3.05, 3.63) is 65.6 Å². The fraction of sp³-hybridized carbons (Fsp3) is 0.320. The maximum atomic E-state index is 14.7. The van der Waals surface area contributed by atoms with E-state index in [0.29, 0.717) is 29.5 Å². The van der Waals surface area contributed by atoms with Crippen LogP contribution in [0.1, 0.15) is 43.1 Å². The third-order valence-corrected chi connectivity index (χ3v) is 8.16. The summed E-state index contributed by atoms with van der Waals surface area (Å²) in [6.07, 6.45) is 2.22. The number of anilines is 2. The molecule has 0 spiro atoms. The molecular formula is C25H28FN5O3S. The number of amides is 1. The van der Waals surface area contributed by atoms with Crippen molar-refractivity contribution in [3.8, 4) is 11.3 Å². The summed E-state index contributed by atoms with van der Waals surface area (Å²) < 4.78 is 42.5. The number of benzene rings is 1. The molecule has 1 fully saturated rings. The third kappa shape index (κ3) is 4.58. The van der Waals surface area contributed by atoms with Crippen LogP contribution in [-0.4, -0.2) is 36.4 Å².